The fraction of sp³-hybridized carbons (Fsp3) is 0.545. The number of nitrogens with two attached hydrogens (primary N) is 1. The van der Waals surface area contributed by atoms with Crippen molar-refractivity contribution in [2.24, 2.45) is 11.8 Å². The third-order valence-electron chi connectivity index (χ3n) is 2.02. The maximum absolute atomic E-state index is 5.53. The molecule has 3 nitrogen and oxygen atoms in total. The minimum Gasteiger partial charge on any atom is -0.271 e. The average Bonchev–Trinajstić information content (AvgIpc) is 2.25. The molecule has 0 aromatic carbocycles. The molecule has 1 heterocycles. The molecule has 0 bridgehead atoms. The van der Waals surface area contributed by atoms with Gasteiger partial charge in [0.15, 0.2) is 0 Å². The summed E-state index contributed by atoms with van der Waals surface area (Å²) in [4.78, 5) is 4.09. The molecule has 3 N–H and O–H groups in total. The third kappa shape index (κ3) is 4.64. The van der Waals surface area contributed by atoms with E-state index in [1.807, 2.05) is 30.1 Å². The molecule has 0 fully saturated rings. The van der Waals surface area contributed by atoms with Crippen molar-refractivity contribution >= 4 is 11.8 Å². The molecule has 0 spiro atoms. The Bertz CT molecular complexity index is 264. The van der Waals surface area contributed by atoms with Gasteiger partial charge < -0.3 is 0 Å². The number of hydrogen-bond donors (Lipinski definition) is 2. The Kier molecular flexibility index (Phi) is 5.68. The molecule has 1 rings (SSSR count). The lowest BCUT2D eigenvalue weighted by molar-refractivity contribution is 0.607. The maximum Gasteiger partial charge on any atom is 0.0565 e. The fourth-order valence-electron chi connectivity index (χ4n) is 1.24. The molecule has 15 heavy (non-hydrogen) atoms. The minimum atomic E-state index is 0.197. The molecule has 1 aromatic heterocycles. The van der Waals surface area contributed by atoms with E-state index in [1.54, 1.807) is 6.20 Å². The first-order chi connectivity index (χ1) is 7.24. The molecule has 0 aliphatic carbocycles. The van der Waals surface area contributed by atoms with Crippen LogP contribution in [0.1, 0.15) is 25.5 Å². The summed E-state index contributed by atoms with van der Waals surface area (Å²) < 4.78 is 0. The quantitative estimate of drug-likeness (QED) is 0.574. The topological polar surface area (TPSA) is 50.9 Å². The lowest BCUT2D eigenvalue weighted by Crippen LogP contribution is -2.29. The molecule has 84 valence electrons. The van der Waals surface area contributed by atoms with Crippen molar-refractivity contribution < 1.29 is 0 Å². The summed E-state index contributed by atoms with van der Waals surface area (Å²) >= 11 is 1.92. The first kappa shape index (κ1) is 12.5. The second-order valence-electron chi connectivity index (χ2n) is 3.94. The highest BCUT2D eigenvalue weighted by atomic mass is 32.2. The monoisotopic (exact) mass is 225 g/mol. The number of rotatable bonds is 6. The number of hydrazine groups is 1. The number of aromatic nitrogens is 1. The van der Waals surface area contributed by atoms with Crippen LogP contribution in [0.3, 0.4) is 0 Å². The van der Waals surface area contributed by atoms with E-state index in [0.29, 0.717) is 0 Å². The van der Waals surface area contributed by atoms with E-state index < -0.39 is 0 Å². The van der Waals surface area contributed by atoms with E-state index in [2.05, 4.69) is 24.3 Å². The second-order valence-corrected chi connectivity index (χ2v) is 5.01. The van der Waals surface area contributed by atoms with Crippen molar-refractivity contribution in [3.05, 3.63) is 30.1 Å². The summed E-state index contributed by atoms with van der Waals surface area (Å²) in [6.45, 7) is 4.45. The van der Waals surface area contributed by atoms with Gasteiger partial charge in [0.2, 0.25) is 0 Å². The van der Waals surface area contributed by atoms with Crippen LogP contribution < -0.4 is 11.3 Å². The number of thioether (sulfide) groups is 1. The maximum atomic E-state index is 5.53. The summed E-state index contributed by atoms with van der Waals surface area (Å²) in [7, 11) is 0. The van der Waals surface area contributed by atoms with Gasteiger partial charge in [0.05, 0.1) is 6.04 Å². The van der Waals surface area contributed by atoms with Crippen molar-refractivity contribution in [1.29, 1.82) is 0 Å². The predicted octanol–water partition coefficient (Wildman–Crippen LogP) is 1.98. The van der Waals surface area contributed by atoms with Crippen LogP contribution in [-0.2, 0) is 0 Å². The first-order valence-electron chi connectivity index (χ1n) is 5.17. The Balaban J connectivity index is 2.43. The van der Waals surface area contributed by atoms with Gasteiger partial charge in [-0.15, -0.1) is 0 Å². The molecular weight excluding hydrogens is 206 g/mol. The third-order valence-corrected chi connectivity index (χ3v) is 3.50. The van der Waals surface area contributed by atoms with Gasteiger partial charge in [0.25, 0.3) is 0 Å². The van der Waals surface area contributed by atoms with E-state index in [-0.39, 0.29) is 6.04 Å². The van der Waals surface area contributed by atoms with Gasteiger partial charge in [-0.25, -0.2) is 0 Å². The van der Waals surface area contributed by atoms with E-state index in [0.717, 1.165) is 17.2 Å². The molecular formula is C11H19N3S. The Hall–Kier alpha value is -0.580. The van der Waals surface area contributed by atoms with Crippen LogP contribution in [0.4, 0.5) is 0 Å². The van der Waals surface area contributed by atoms with Crippen molar-refractivity contribution in [3.8, 4) is 0 Å². The van der Waals surface area contributed by atoms with Gasteiger partial charge in [-0.2, -0.15) is 11.8 Å². The highest BCUT2D eigenvalue weighted by Crippen LogP contribution is 2.18. The smallest absolute Gasteiger partial charge is 0.0565 e. The predicted molar refractivity (Wildman–Crippen MR) is 66.5 cm³/mol. The Morgan fingerprint density at radius 1 is 1.47 bits per heavy atom. The summed E-state index contributed by atoms with van der Waals surface area (Å²) in [5.74, 6) is 8.41. The first-order valence-corrected chi connectivity index (χ1v) is 6.33. The fourth-order valence-corrected chi connectivity index (χ4v) is 2.38. The Morgan fingerprint density at radius 2 is 2.27 bits per heavy atom. The standard InChI is InChI=1S/C11H19N3S/c1-9(2)7-15-8-11(14-12)10-4-3-5-13-6-10/h3-6,9,11,14H,7-8,12H2,1-2H3. The normalized spacial score (nSPS) is 13.1. The number of pyridine rings is 1. The van der Waals surface area contributed by atoms with Crippen LogP contribution in [0.2, 0.25) is 0 Å². The molecule has 1 unspecified atom stereocenters. The van der Waals surface area contributed by atoms with Crippen LogP contribution in [0.5, 0.6) is 0 Å². The van der Waals surface area contributed by atoms with Gasteiger partial charge in [0, 0.05) is 18.1 Å². The van der Waals surface area contributed by atoms with E-state index in [1.165, 1.54) is 5.75 Å². The zero-order valence-corrected chi connectivity index (χ0v) is 10.1. The van der Waals surface area contributed by atoms with Crippen LogP contribution >= 0.6 is 11.8 Å². The summed E-state index contributed by atoms with van der Waals surface area (Å²) in [5.41, 5.74) is 3.98. The van der Waals surface area contributed by atoms with E-state index in [4.69, 9.17) is 5.84 Å². The van der Waals surface area contributed by atoms with E-state index in [9.17, 15) is 0 Å². The molecule has 0 saturated carbocycles. The van der Waals surface area contributed by atoms with Gasteiger partial charge >= 0.3 is 0 Å². The molecule has 4 heteroatoms. The lowest BCUT2D eigenvalue weighted by Gasteiger charge is -2.15. The summed E-state index contributed by atoms with van der Waals surface area (Å²) in [6, 6.07) is 4.18. The summed E-state index contributed by atoms with van der Waals surface area (Å²) in [5, 5.41) is 0. The number of hydrogen-bond acceptors (Lipinski definition) is 4. The Morgan fingerprint density at radius 3 is 2.80 bits per heavy atom. The second kappa shape index (κ2) is 6.82. The van der Waals surface area contributed by atoms with Gasteiger partial charge in [0.1, 0.15) is 0 Å². The molecule has 0 saturated heterocycles. The van der Waals surface area contributed by atoms with Crippen LogP contribution in [-0.4, -0.2) is 16.5 Å². The zero-order valence-electron chi connectivity index (χ0n) is 9.31. The van der Waals surface area contributed by atoms with Crippen molar-refractivity contribution in [1.82, 2.24) is 10.4 Å². The van der Waals surface area contributed by atoms with E-state index >= 15 is 0 Å². The number of nitrogens with zero attached hydrogens (tertiary/aromatic N) is 1. The van der Waals surface area contributed by atoms with Crippen molar-refractivity contribution in [2.45, 2.75) is 19.9 Å². The van der Waals surface area contributed by atoms with Gasteiger partial charge in [-0.1, -0.05) is 19.9 Å². The van der Waals surface area contributed by atoms with Crippen LogP contribution in [0.15, 0.2) is 24.5 Å². The zero-order chi connectivity index (χ0) is 11.1. The molecule has 1 aromatic rings. The van der Waals surface area contributed by atoms with Crippen LogP contribution in [0.25, 0.3) is 0 Å². The minimum absolute atomic E-state index is 0.197. The van der Waals surface area contributed by atoms with Gasteiger partial charge in [-0.3, -0.25) is 16.3 Å². The molecule has 0 radical (unpaired) electrons. The molecule has 0 aliphatic heterocycles. The molecule has 0 amide bonds. The highest BCUT2D eigenvalue weighted by Gasteiger charge is 2.09. The SMILES string of the molecule is CC(C)CSCC(NN)c1cccnc1. The largest absolute Gasteiger partial charge is 0.271 e. The van der Waals surface area contributed by atoms with Crippen molar-refractivity contribution in [2.75, 3.05) is 11.5 Å². The molecule has 1 atom stereocenters. The highest BCUT2D eigenvalue weighted by molar-refractivity contribution is 7.99. The summed E-state index contributed by atoms with van der Waals surface area (Å²) in [6.07, 6.45) is 3.64. The Labute approximate surface area is 95.8 Å². The number of nitrogens with one attached hydrogen (secondary N) is 1. The van der Waals surface area contributed by atoms with Crippen LogP contribution in [0, 0.1) is 5.92 Å². The average molecular weight is 225 g/mol. The van der Waals surface area contributed by atoms with Gasteiger partial charge in [-0.05, 0) is 23.3 Å². The van der Waals surface area contributed by atoms with Crippen molar-refractivity contribution in [3.63, 3.8) is 0 Å². The molecule has 0 aliphatic rings. The lowest BCUT2D eigenvalue weighted by atomic mass is 10.1.